The number of benzene rings is 5. The Morgan fingerprint density at radius 2 is 1.36 bits per heavy atom. The van der Waals surface area contributed by atoms with E-state index in [1.54, 1.807) is 0 Å². The van der Waals surface area contributed by atoms with Crippen molar-refractivity contribution in [1.29, 1.82) is 0 Å². The molecular formula is C38H37Cl2NO3. The minimum Gasteiger partial charge on any atom is -0.490 e. The number of hydrogen-bond acceptors (Lipinski definition) is 4. The Morgan fingerprint density at radius 1 is 0.682 bits per heavy atom. The Kier molecular flexibility index (Phi) is 10.8. The van der Waals surface area contributed by atoms with E-state index in [9.17, 15) is 0 Å². The Balaban J connectivity index is 1.19. The summed E-state index contributed by atoms with van der Waals surface area (Å²) in [5.74, 6) is 2.32. The van der Waals surface area contributed by atoms with Crippen LogP contribution in [0.2, 0.25) is 10.0 Å². The van der Waals surface area contributed by atoms with Gasteiger partial charge in [0.1, 0.15) is 31.3 Å². The van der Waals surface area contributed by atoms with Crippen molar-refractivity contribution in [3.63, 3.8) is 0 Å². The lowest BCUT2D eigenvalue weighted by molar-refractivity contribution is 0.217. The molecule has 0 fully saturated rings. The van der Waals surface area contributed by atoms with Crippen LogP contribution in [0.3, 0.4) is 0 Å². The van der Waals surface area contributed by atoms with Gasteiger partial charge in [0.25, 0.3) is 0 Å². The van der Waals surface area contributed by atoms with Gasteiger partial charge in [0.05, 0.1) is 10.0 Å². The maximum atomic E-state index is 6.30. The van der Waals surface area contributed by atoms with Crippen LogP contribution in [0.15, 0.2) is 109 Å². The normalized spacial score (nSPS) is 11.7. The zero-order valence-electron chi connectivity index (χ0n) is 25.1. The first kappa shape index (κ1) is 31.5. The number of nitrogens with two attached hydrogens (primary N) is 1. The second kappa shape index (κ2) is 15.2. The van der Waals surface area contributed by atoms with Gasteiger partial charge in [0.15, 0.2) is 5.75 Å². The lowest BCUT2D eigenvalue weighted by atomic mass is 9.87. The van der Waals surface area contributed by atoms with Crippen molar-refractivity contribution >= 4 is 23.2 Å². The van der Waals surface area contributed by atoms with Gasteiger partial charge in [-0.1, -0.05) is 102 Å². The van der Waals surface area contributed by atoms with Crippen LogP contribution in [-0.2, 0) is 13.0 Å². The van der Waals surface area contributed by atoms with Crippen LogP contribution in [0, 0.1) is 13.8 Å². The summed E-state index contributed by atoms with van der Waals surface area (Å²) < 4.78 is 17.9. The van der Waals surface area contributed by atoms with E-state index in [0.717, 1.165) is 40.2 Å². The Labute approximate surface area is 270 Å². The molecule has 5 aromatic rings. The van der Waals surface area contributed by atoms with Crippen LogP contribution in [0.4, 0.5) is 0 Å². The Morgan fingerprint density at radius 3 is 2.07 bits per heavy atom. The van der Waals surface area contributed by atoms with Crippen LogP contribution < -0.4 is 19.9 Å². The summed E-state index contributed by atoms with van der Waals surface area (Å²) in [7, 11) is 0. The molecule has 0 aliphatic heterocycles. The highest BCUT2D eigenvalue weighted by atomic mass is 35.5. The first-order valence-corrected chi connectivity index (χ1v) is 15.5. The van der Waals surface area contributed by atoms with Crippen molar-refractivity contribution in [2.75, 3.05) is 19.8 Å². The number of rotatable bonds is 13. The summed E-state index contributed by atoms with van der Waals surface area (Å²) in [4.78, 5) is 0. The number of aryl methyl sites for hydroxylation is 2. The summed E-state index contributed by atoms with van der Waals surface area (Å²) in [5, 5.41) is 0.993. The first-order chi connectivity index (χ1) is 21.4. The second-order valence-corrected chi connectivity index (χ2v) is 11.7. The minimum absolute atomic E-state index is 0.192. The predicted molar refractivity (Wildman–Crippen MR) is 182 cm³/mol. The molecule has 0 aliphatic carbocycles. The highest BCUT2D eigenvalue weighted by Crippen LogP contribution is 2.35. The Hall–Kier alpha value is -3.96. The van der Waals surface area contributed by atoms with E-state index >= 15 is 0 Å². The van der Waals surface area contributed by atoms with Crippen LogP contribution in [0.25, 0.3) is 11.1 Å². The van der Waals surface area contributed by atoms with Crippen LogP contribution in [-0.4, -0.2) is 19.8 Å². The van der Waals surface area contributed by atoms with Crippen molar-refractivity contribution in [2.45, 2.75) is 32.8 Å². The average Bonchev–Trinajstić information content (AvgIpc) is 3.03. The fourth-order valence-corrected chi connectivity index (χ4v) is 6.03. The van der Waals surface area contributed by atoms with Crippen LogP contribution in [0.1, 0.15) is 33.7 Å². The smallest absolute Gasteiger partial charge is 0.156 e. The summed E-state index contributed by atoms with van der Waals surface area (Å²) in [6, 6.07) is 36.8. The van der Waals surface area contributed by atoms with Gasteiger partial charge in [-0.05, 0) is 90.5 Å². The van der Waals surface area contributed by atoms with Crippen LogP contribution >= 0.6 is 23.2 Å². The molecule has 4 nitrogen and oxygen atoms in total. The average molecular weight is 627 g/mol. The highest BCUT2D eigenvalue weighted by molar-refractivity contribution is 6.37. The molecule has 0 saturated heterocycles. The fraction of sp³-hybridized carbons (Fsp3) is 0.211. The fourth-order valence-electron chi connectivity index (χ4n) is 5.32. The molecule has 0 radical (unpaired) electrons. The van der Waals surface area contributed by atoms with Gasteiger partial charge in [-0.3, -0.25) is 0 Å². The Bertz CT molecular complexity index is 1650. The van der Waals surface area contributed by atoms with E-state index in [0.29, 0.717) is 42.2 Å². The van der Waals surface area contributed by atoms with E-state index in [2.05, 4.69) is 55.5 Å². The maximum absolute atomic E-state index is 6.30. The molecule has 6 heteroatoms. The summed E-state index contributed by atoms with van der Waals surface area (Å²) in [6.45, 7) is 5.88. The largest absolute Gasteiger partial charge is 0.490 e. The quantitative estimate of drug-likeness (QED) is 0.132. The summed E-state index contributed by atoms with van der Waals surface area (Å²) in [6.07, 6.45) is 0.835. The van der Waals surface area contributed by atoms with Gasteiger partial charge in [0, 0.05) is 11.5 Å². The topological polar surface area (TPSA) is 53.7 Å². The summed E-state index contributed by atoms with van der Waals surface area (Å²) in [5.41, 5.74) is 14.3. The molecule has 0 saturated carbocycles. The number of hydrogen-bond donors (Lipinski definition) is 1. The van der Waals surface area contributed by atoms with Gasteiger partial charge in [0.2, 0.25) is 0 Å². The van der Waals surface area contributed by atoms with Crippen LogP contribution in [0.5, 0.6) is 17.2 Å². The molecule has 5 aromatic carbocycles. The number of ether oxygens (including phenoxy) is 3. The number of halogens is 2. The predicted octanol–water partition coefficient (Wildman–Crippen LogP) is 9.60. The summed E-state index contributed by atoms with van der Waals surface area (Å²) >= 11 is 12.5. The van der Waals surface area contributed by atoms with Gasteiger partial charge in [-0.15, -0.1) is 0 Å². The molecule has 44 heavy (non-hydrogen) atoms. The van der Waals surface area contributed by atoms with E-state index in [4.69, 9.17) is 43.1 Å². The monoisotopic (exact) mass is 625 g/mol. The highest BCUT2D eigenvalue weighted by Gasteiger charge is 2.16. The lowest BCUT2D eigenvalue weighted by Crippen LogP contribution is -2.16. The van der Waals surface area contributed by atoms with Gasteiger partial charge in [-0.2, -0.15) is 0 Å². The molecule has 0 aromatic heterocycles. The van der Waals surface area contributed by atoms with Gasteiger partial charge < -0.3 is 19.9 Å². The zero-order valence-corrected chi connectivity index (χ0v) is 26.6. The maximum Gasteiger partial charge on any atom is 0.156 e. The molecule has 226 valence electrons. The van der Waals surface area contributed by atoms with Crippen molar-refractivity contribution in [2.24, 2.45) is 5.73 Å². The molecule has 0 heterocycles. The molecule has 5 rings (SSSR count). The van der Waals surface area contributed by atoms with Gasteiger partial charge in [-0.25, -0.2) is 0 Å². The SMILES string of the molecule is Cc1cc(Cl)c(OCCOc2ccc(CC(CN)c3ccc(-c4ccccc4OCc4ccccc4)cc3C)cc2)c(Cl)c1. The first-order valence-electron chi connectivity index (χ1n) is 14.8. The molecule has 2 N–H and O–H groups in total. The lowest BCUT2D eigenvalue weighted by Gasteiger charge is -2.20. The van der Waals surface area contributed by atoms with Crippen molar-refractivity contribution < 1.29 is 14.2 Å². The molecule has 0 amide bonds. The van der Waals surface area contributed by atoms with Crippen molar-refractivity contribution in [3.05, 3.63) is 147 Å². The van der Waals surface area contributed by atoms with E-state index in [-0.39, 0.29) is 5.92 Å². The standard InChI is InChI=1S/C38H37Cl2NO3/c1-26-20-35(39)38(36(40)21-26)43-19-18-42-32-15-12-28(13-16-32)23-31(24-41)33-17-14-30(22-27(33)2)34-10-6-7-11-37(34)44-25-29-8-4-3-5-9-29/h3-17,20-22,31H,18-19,23-25,41H2,1-2H3. The van der Waals surface area contributed by atoms with Gasteiger partial charge >= 0.3 is 0 Å². The minimum atomic E-state index is 0.192. The molecule has 0 aliphatic rings. The molecule has 0 bridgehead atoms. The van der Waals surface area contributed by atoms with Crippen molar-refractivity contribution in [1.82, 2.24) is 0 Å². The number of para-hydroxylation sites is 1. The van der Waals surface area contributed by atoms with Crippen molar-refractivity contribution in [3.8, 4) is 28.4 Å². The van der Waals surface area contributed by atoms with E-state index in [1.807, 2.05) is 67.6 Å². The third-order valence-electron chi connectivity index (χ3n) is 7.58. The second-order valence-electron chi connectivity index (χ2n) is 10.9. The molecule has 0 spiro atoms. The third-order valence-corrected chi connectivity index (χ3v) is 8.14. The molecule has 1 unspecified atom stereocenters. The molecule has 1 atom stereocenters. The van der Waals surface area contributed by atoms with E-state index in [1.165, 1.54) is 16.7 Å². The van der Waals surface area contributed by atoms with E-state index < -0.39 is 0 Å². The third kappa shape index (κ3) is 8.15. The zero-order chi connectivity index (χ0) is 30.9. The molecular weight excluding hydrogens is 589 g/mol.